The van der Waals surface area contributed by atoms with Crippen molar-refractivity contribution in [2.75, 3.05) is 25.0 Å². The minimum atomic E-state index is -4.97. The van der Waals surface area contributed by atoms with Crippen molar-refractivity contribution in [3.63, 3.8) is 0 Å². The van der Waals surface area contributed by atoms with E-state index in [4.69, 9.17) is 0 Å². The van der Waals surface area contributed by atoms with E-state index in [0.29, 0.717) is 36.0 Å². The lowest BCUT2D eigenvalue weighted by atomic mass is 10.0. The molecule has 11 nitrogen and oxygen atoms in total. The van der Waals surface area contributed by atoms with Gasteiger partial charge in [0.2, 0.25) is 5.91 Å². The first-order chi connectivity index (χ1) is 20.6. The van der Waals surface area contributed by atoms with E-state index in [2.05, 4.69) is 36.3 Å². The zero-order valence-corrected chi connectivity index (χ0v) is 22.9. The van der Waals surface area contributed by atoms with Crippen molar-refractivity contribution in [1.82, 2.24) is 40.1 Å². The van der Waals surface area contributed by atoms with Gasteiger partial charge in [-0.2, -0.15) is 27.1 Å². The molecule has 0 radical (unpaired) electrons. The van der Waals surface area contributed by atoms with Crippen LogP contribution in [0.5, 0.6) is 0 Å². The predicted molar refractivity (Wildman–Crippen MR) is 146 cm³/mol. The lowest BCUT2D eigenvalue weighted by Crippen LogP contribution is -2.43. The first-order valence-corrected chi connectivity index (χ1v) is 13.5. The van der Waals surface area contributed by atoms with Gasteiger partial charge in [0, 0.05) is 42.9 Å². The van der Waals surface area contributed by atoms with E-state index in [9.17, 15) is 31.5 Å². The Morgan fingerprint density at radius 1 is 1.16 bits per heavy atom. The summed E-state index contributed by atoms with van der Waals surface area (Å²) in [6.45, 7) is -0.0274. The fourth-order valence-corrected chi connectivity index (χ4v) is 4.91. The maximum Gasteiger partial charge on any atom is 0.435 e. The van der Waals surface area contributed by atoms with Gasteiger partial charge in [-0.3, -0.25) is 14.0 Å². The molecule has 4 heterocycles. The van der Waals surface area contributed by atoms with E-state index in [0.717, 1.165) is 25.6 Å². The average molecular weight is 606 g/mol. The Morgan fingerprint density at radius 3 is 2.65 bits per heavy atom. The van der Waals surface area contributed by atoms with Crippen molar-refractivity contribution >= 4 is 29.0 Å². The average Bonchev–Trinajstić information content (AvgIpc) is 3.74. The van der Waals surface area contributed by atoms with Gasteiger partial charge in [0.05, 0.1) is 23.5 Å². The molecule has 16 heteroatoms. The summed E-state index contributed by atoms with van der Waals surface area (Å²) in [4.78, 5) is 33.4. The molecule has 0 bridgehead atoms. The number of hydrogen-bond donors (Lipinski definition) is 4. The number of aryl methyl sites for hydroxylation is 1. The summed E-state index contributed by atoms with van der Waals surface area (Å²) in [5.41, 5.74) is -0.279. The molecule has 0 spiro atoms. The van der Waals surface area contributed by atoms with Gasteiger partial charge in [-0.15, -0.1) is 0 Å². The van der Waals surface area contributed by atoms with Gasteiger partial charge in [-0.1, -0.05) is 6.92 Å². The summed E-state index contributed by atoms with van der Waals surface area (Å²) in [6, 6.07) is 4.82. The molecular weight excluding hydrogens is 577 g/mol. The fraction of sp³-hybridized carbons (Fsp3) is 0.370. The Balaban J connectivity index is 1.31. The maximum atomic E-state index is 13.6. The lowest BCUT2D eigenvalue weighted by molar-refractivity contribution is -0.141. The van der Waals surface area contributed by atoms with Crippen molar-refractivity contribution in [2.24, 2.45) is 0 Å². The lowest BCUT2D eigenvalue weighted by Gasteiger charge is -2.14. The molecule has 5 rings (SSSR count). The van der Waals surface area contributed by atoms with Crippen LogP contribution < -0.4 is 21.3 Å². The first kappa shape index (κ1) is 29.9. The van der Waals surface area contributed by atoms with Gasteiger partial charge >= 0.3 is 12.7 Å². The number of imidazole rings is 1. The van der Waals surface area contributed by atoms with Gasteiger partial charge in [0.25, 0.3) is 5.91 Å². The molecule has 3 aromatic heterocycles. The van der Waals surface area contributed by atoms with E-state index in [1.54, 1.807) is 18.2 Å². The number of benzene rings is 1. The second kappa shape index (κ2) is 12.3. The van der Waals surface area contributed by atoms with Crippen LogP contribution in [0.25, 0.3) is 16.9 Å². The van der Waals surface area contributed by atoms with Crippen LogP contribution >= 0.6 is 0 Å². The van der Waals surface area contributed by atoms with Gasteiger partial charge in [0.15, 0.2) is 17.2 Å². The standard InChI is InChI=1S/C27H28F5N9O2/c1-2-15-12-16(5-6-17(15)24(42)35-8-9-36-25(43)19-4-3-7-33-19)38-22-23-37-13-20(40(23)11-10-34-22)18-14-41(26(28)29)39-21(18)27(30,31)32/h5-6,10-14,19,26,33H,2-4,7-9H2,1H3,(H,34,38)(H,35,42)(H,36,43)/t19-/m0/s1. The number of nitrogens with zero attached hydrogens (tertiary/aromatic N) is 5. The van der Waals surface area contributed by atoms with Crippen molar-refractivity contribution in [3.05, 3.63) is 59.8 Å². The molecule has 1 atom stereocenters. The molecule has 228 valence electrons. The molecule has 1 aliphatic heterocycles. The summed E-state index contributed by atoms with van der Waals surface area (Å²) >= 11 is 0. The normalized spacial score (nSPS) is 15.3. The Hall–Kier alpha value is -4.60. The molecule has 0 saturated carbocycles. The summed E-state index contributed by atoms with van der Waals surface area (Å²) < 4.78 is 68.4. The van der Waals surface area contributed by atoms with Crippen LogP contribution in [0.4, 0.5) is 33.5 Å². The number of carbonyl (C=O) groups excluding carboxylic acids is 2. The monoisotopic (exact) mass is 605 g/mol. The Morgan fingerprint density at radius 2 is 1.95 bits per heavy atom. The van der Waals surface area contributed by atoms with Crippen molar-refractivity contribution < 1.29 is 31.5 Å². The largest absolute Gasteiger partial charge is 0.435 e. The number of hydrogen-bond acceptors (Lipinski definition) is 7. The Bertz CT molecular complexity index is 1630. The van der Waals surface area contributed by atoms with Crippen LogP contribution in [0, 0.1) is 0 Å². The number of nitrogens with one attached hydrogen (secondary N) is 4. The highest BCUT2D eigenvalue weighted by Gasteiger charge is 2.39. The van der Waals surface area contributed by atoms with Crippen LogP contribution in [-0.2, 0) is 17.4 Å². The van der Waals surface area contributed by atoms with Crippen LogP contribution in [-0.4, -0.2) is 61.6 Å². The number of fused-ring (bicyclic) bond motifs is 1. The molecule has 0 aliphatic carbocycles. The zero-order valence-electron chi connectivity index (χ0n) is 22.9. The third-order valence-electron chi connectivity index (χ3n) is 6.98. The van der Waals surface area contributed by atoms with Crippen LogP contribution in [0.1, 0.15) is 47.9 Å². The van der Waals surface area contributed by atoms with Gasteiger partial charge in [0.1, 0.15) is 0 Å². The van der Waals surface area contributed by atoms with Crippen molar-refractivity contribution in [3.8, 4) is 11.3 Å². The first-order valence-electron chi connectivity index (χ1n) is 13.5. The molecule has 0 unspecified atom stereocenters. The zero-order chi connectivity index (χ0) is 30.7. The topological polar surface area (TPSA) is 130 Å². The van der Waals surface area contributed by atoms with Crippen molar-refractivity contribution in [2.45, 2.75) is 45.0 Å². The third kappa shape index (κ3) is 6.43. The van der Waals surface area contributed by atoms with E-state index in [-0.39, 0.29) is 46.2 Å². The van der Waals surface area contributed by atoms with Crippen molar-refractivity contribution in [1.29, 1.82) is 0 Å². The molecule has 1 fully saturated rings. The second-order valence-electron chi connectivity index (χ2n) is 9.81. The highest BCUT2D eigenvalue weighted by atomic mass is 19.4. The molecule has 1 saturated heterocycles. The molecule has 2 amide bonds. The smallest absolute Gasteiger partial charge is 0.353 e. The summed E-state index contributed by atoms with van der Waals surface area (Å²) in [6.07, 6.45) is 1.73. The molecular formula is C27H28F5N9O2. The van der Waals surface area contributed by atoms with E-state index in [1.165, 1.54) is 16.8 Å². The van der Waals surface area contributed by atoms with Crippen LogP contribution in [0.3, 0.4) is 0 Å². The van der Waals surface area contributed by atoms with E-state index < -0.39 is 24.0 Å². The molecule has 43 heavy (non-hydrogen) atoms. The Kier molecular flexibility index (Phi) is 8.57. The minimum Gasteiger partial charge on any atom is -0.353 e. The molecule has 4 aromatic rings. The van der Waals surface area contributed by atoms with Crippen LogP contribution in [0.15, 0.2) is 43.0 Å². The predicted octanol–water partition coefficient (Wildman–Crippen LogP) is 3.91. The minimum absolute atomic E-state index is 0.0497. The van der Waals surface area contributed by atoms with E-state index in [1.807, 2.05) is 6.92 Å². The summed E-state index contributed by atoms with van der Waals surface area (Å²) in [5, 5.41) is 14.8. The molecule has 4 N–H and O–H groups in total. The number of aromatic nitrogens is 5. The number of halogens is 5. The van der Waals surface area contributed by atoms with E-state index >= 15 is 0 Å². The number of anilines is 2. The van der Waals surface area contributed by atoms with Gasteiger partial charge < -0.3 is 21.3 Å². The molecule has 1 aromatic carbocycles. The second-order valence-corrected chi connectivity index (χ2v) is 9.81. The third-order valence-corrected chi connectivity index (χ3v) is 6.98. The molecule has 1 aliphatic rings. The number of carbonyl (C=O) groups is 2. The highest BCUT2D eigenvalue weighted by Crippen LogP contribution is 2.37. The Labute approximate surface area is 241 Å². The van der Waals surface area contributed by atoms with Gasteiger partial charge in [-0.25, -0.2) is 14.6 Å². The number of alkyl halides is 5. The summed E-state index contributed by atoms with van der Waals surface area (Å²) in [5.74, 6) is -0.205. The fourth-order valence-electron chi connectivity index (χ4n) is 4.91. The maximum absolute atomic E-state index is 13.6. The highest BCUT2D eigenvalue weighted by molar-refractivity contribution is 5.96. The quantitative estimate of drug-likeness (QED) is 0.159. The SMILES string of the molecule is CCc1cc(Nc2nccn3c(-c4cn(C(F)F)nc4C(F)(F)F)cnc23)ccc1C(=O)NCCNC(=O)[C@@H]1CCCN1. The van der Waals surface area contributed by atoms with Crippen LogP contribution in [0.2, 0.25) is 0 Å². The van der Waals surface area contributed by atoms with Gasteiger partial charge in [-0.05, 0) is 49.6 Å². The number of amides is 2. The summed E-state index contributed by atoms with van der Waals surface area (Å²) in [7, 11) is 0. The number of rotatable bonds is 10.